The monoisotopic (exact) mass is 394 g/mol. The summed E-state index contributed by atoms with van der Waals surface area (Å²) in [6, 6.07) is 10.8. The topological polar surface area (TPSA) is 123 Å². The number of hydrogen-bond donors (Lipinski definition) is 1. The maximum absolute atomic E-state index is 13.0. The van der Waals surface area contributed by atoms with Gasteiger partial charge in [-0.25, -0.2) is 0 Å². The summed E-state index contributed by atoms with van der Waals surface area (Å²) in [6.07, 6.45) is 3.46. The minimum Gasteiger partial charge on any atom is -0.495 e. The lowest BCUT2D eigenvalue weighted by Gasteiger charge is -2.47. The van der Waals surface area contributed by atoms with Crippen LogP contribution in [0, 0.1) is 39.9 Å². The van der Waals surface area contributed by atoms with Gasteiger partial charge in [0.05, 0.1) is 24.9 Å². The van der Waals surface area contributed by atoms with Crippen LogP contribution < -0.4 is 10.1 Å². The predicted octanol–water partition coefficient (Wildman–Crippen LogP) is 2.23. The number of piperidine rings is 1. The van der Waals surface area contributed by atoms with Gasteiger partial charge in [0, 0.05) is 5.41 Å². The molecule has 0 aromatic heterocycles. The van der Waals surface area contributed by atoms with Crippen molar-refractivity contribution in [2.45, 2.75) is 32.1 Å². The Balaban J connectivity index is 1.84. The number of carbonyl (C=O) groups excluding carboxylic acids is 3. The van der Waals surface area contributed by atoms with E-state index in [1.54, 1.807) is 24.3 Å². The van der Waals surface area contributed by atoms with E-state index >= 15 is 0 Å². The summed E-state index contributed by atoms with van der Waals surface area (Å²) < 4.78 is 5.17. The second-order valence-electron chi connectivity index (χ2n) is 7.43. The fourth-order valence-electron chi connectivity index (χ4n) is 4.47. The largest absolute Gasteiger partial charge is 0.495 e. The molecule has 2 aliphatic rings. The van der Waals surface area contributed by atoms with Gasteiger partial charge in [-0.2, -0.15) is 10.5 Å². The van der Waals surface area contributed by atoms with Gasteiger partial charge >= 0.3 is 0 Å². The molecule has 3 amide bonds. The Labute approximate surface area is 169 Å². The Morgan fingerprint density at radius 1 is 1.14 bits per heavy atom. The summed E-state index contributed by atoms with van der Waals surface area (Å²) in [5.74, 6) is -3.78. The fourth-order valence-corrected chi connectivity index (χ4v) is 4.47. The molecule has 0 bridgehead atoms. The predicted molar refractivity (Wildman–Crippen MR) is 102 cm³/mol. The third-order valence-electron chi connectivity index (χ3n) is 5.90. The van der Waals surface area contributed by atoms with Crippen molar-refractivity contribution in [1.82, 2.24) is 4.90 Å². The summed E-state index contributed by atoms with van der Waals surface area (Å²) in [5.41, 5.74) is -0.555. The second kappa shape index (κ2) is 8.32. The van der Waals surface area contributed by atoms with E-state index in [1.807, 2.05) is 12.1 Å². The standard InChI is InChI=1S/C21H22N4O4/c1-29-17-8-4-3-7-16(17)24-18(26)13-25-19(27)14(11-22)21(9-5-2-6-10-21)15(12-23)20(25)28/h3-4,7-8,14-15H,2,5-6,9-10,13H2,1H3,(H,24,26). The van der Waals surface area contributed by atoms with Crippen LogP contribution >= 0.6 is 0 Å². The number of para-hydroxylation sites is 2. The number of ether oxygens (including phenoxy) is 1. The Kier molecular flexibility index (Phi) is 5.84. The van der Waals surface area contributed by atoms with E-state index in [1.165, 1.54) is 7.11 Å². The second-order valence-corrected chi connectivity index (χ2v) is 7.43. The lowest BCUT2D eigenvalue weighted by Crippen LogP contribution is -2.61. The third kappa shape index (κ3) is 3.54. The number of benzene rings is 1. The smallest absolute Gasteiger partial charge is 0.247 e. The van der Waals surface area contributed by atoms with Crippen molar-refractivity contribution in [3.63, 3.8) is 0 Å². The summed E-state index contributed by atoms with van der Waals surface area (Å²) in [5, 5.41) is 22.0. The maximum Gasteiger partial charge on any atom is 0.247 e. The minimum absolute atomic E-state index is 0.398. The first-order chi connectivity index (χ1) is 14.0. The molecule has 8 nitrogen and oxygen atoms in total. The van der Waals surface area contributed by atoms with Crippen molar-refractivity contribution >= 4 is 23.4 Å². The van der Waals surface area contributed by atoms with Crippen molar-refractivity contribution in [2.75, 3.05) is 19.0 Å². The number of methoxy groups -OCH3 is 1. The van der Waals surface area contributed by atoms with Crippen LogP contribution in [0.5, 0.6) is 5.75 Å². The number of rotatable bonds is 4. The molecule has 1 aromatic rings. The first-order valence-electron chi connectivity index (χ1n) is 9.56. The van der Waals surface area contributed by atoms with Crippen LogP contribution in [0.2, 0.25) is 0 Å². The highest BCUT2D eigenvalue weighted by Crippen LogP contribution is 2.51. The zero-order valence-corrected chi connectivity index (χ0v) is 16.2. The molecule has 1 spiro atoms. The number of hydrogen-bond acceptors (Lipinski definition) is 6. The van der Waals surface area contributed by atoms with Gasteiger partial charge in [-0.05, 0) is 25.0 Å². The van der Waals surface area contributed by atoms with E-state index in [0.29, 0.717) is 24.3 Å². The van der Waals surface area contributed by atoms with Crippen LogP contribution in [-0.4, -0.2) is 36.3 Å². The lowest BCUT2D eigenvalue weighted by molar-refractivity contribution is -0.164. The molecule has 29 heavy (non-hydrogen) atoms. The number of nitrogens with one attached hydrogen (secondary N) is 1. The van der Waals surface area contributed by atoms with E-state index in [0.717, 1.165) is 24.2 Å². The number of imide groups is 1. The first-order valence-corrected chi connectivity index (χ1v) is 9.56. The average Bonchev–Trinajstić information content (AvgIpc) is 2.73. The zero-order valence-electron chi connectivity index (χ0n) is 16.2. The number of nitrogens with zero attached hydrogens (tertiary/aromatic N) is 3. The fraction of sp³-hybridized carbons (Fsp3) is 0.476. The third-order valence-corrected chi connectivity index (χ3v) is 5.90. The van der Waals surface area contributed by atoms with Crippen molar-refractivity contribution in [1.29, 1.82) is 10.5 Å². The van der Waals surface area contributed by atoms with Crippen LogP contribution in [0.15, 0.2) is 24.3 Å². The molecule has 2 atom stereocenters. The van der Waals surface area contributed by atoms with Gasteiger partial charge in [0.2, 0.25) is 17.7 Å². The van der Waals surface area contributed by atoms with E-state index < -0.39 is 41.5 Å². The molecule has 1 saturated heterocycles. The number of anilines is 1. The Morgan fingerprint density at radius 3 is 2.28 bits per heavy atom. The molecule has 1 heterocycles. The van der Waals surface area contributed by atoms with Crippen LogP contribution in [0.1, 0.15) is 32.1 Å². The summed E-state index contributed by atoms with van der Waals surface area (Å²) in [4.78, 5) is 39.2. The van der Waals surface area contributed by atoms with Gasteiger partial charge in [-0.3, -0.25) is 19.3 Å². The Morgan fingerprint density at radius 2 is 1.72 bits per heavy atom. The van der Waals surface area contributed by atoms with Crippen molar-refractivity contribution in [3.05, 3.63) is 24.3 Å². The van der Waals surface area contributed by atoms with E-state index in [2.05, 4.69) is 5.32 Å². The highest BCUT2D eigenvalue weighted by atomic mass is 16.5. The molecule has 8 heteroatoms. The Bertz CT molecular complexity index is 872. The van der Waals surface area contributed by atoms with Crippen molar-refractivity contribution in [3.8, 4) is 17.9 Å². The molecule has 2 fully saturated rings. The normalized spacial score (nSPS) is 23.2. The van der Waals surface area contributed by atoms with Crippen LogP contribution in [0.25, 0.3) is 0 Å². The van der Waals surface area contributed by atoms with Gasteiger partial charge in [0.1, 0.15) is 24.1 Å². The number of amides is 3. The van der Waals surface area contributed by atoms with Crippen LogP contribution in [-0.2, 0) is 14.4 Å². The summed E-state index contributed by atoms with van der Waals surface area (Å²) in [7, 11) is 1.46. The molecule has 1 aromatic carbocycles. The Hall–Kier alpha value is -3.39. The molecule has 1 saturated carbocycles. The quantitative estimate of drug-likeness (QED) is 0.781. The lowest BCUT2D eigenvalue weighted by atomic mass is 9.57. The SMILES string of the molecule is COc1ccccc1NC(=O)CN1C(=O)C(C#N)C2(CCCCC2)C(C#N)C1=O. The minimum atomic E-state index is -1.11. The van der Waals surface area contributed by atoms with Gasteiger partial charge in [-0.1, -0.05) is 31.4 Å². The van der Waals surface area contributed by atoms with Crippen LogP contribution in [0.4, 0.5) is 5.69 Å². The van der Waals surface area contributed by atoms with E-state index in [9.17, 15) is 24.9 Å². The zero-order chi connectivity index (χ0) is 21.0. The highest BCUT2D eigenvalue weighted by molar-refractivity contribution is 6.07. The van der Waals surface area contributed by atoms with Crippen molar-refractivity contribution < 1.29 is 19.1 Å². The molecule has 0 radical (unpaired) electrons. The highest BCUT2D eigenvalue weighted by Gasteiger charge is 2.59. The van der Waals surface area contributed by atoms with Gasteiger partial charge in [0.25, 0.3) is 0 Å². The molecule has 2 unspecified atom stereocenters. The molecular formula is C21H22N4O4. The van der Waals surface area contributed by atoms with Gasteiger partial charge in [0.15, 0.2) is 0 Å². The first kappa shape index (κ1) is 20.3. The molecule has 150 valence electrons. The average molecular weight is 394 g/mol. The molecular weight excluding hydrogens is 372 g/mol. The van der Waals surface area contributed by atoms with Crippen molar-refractivity contribution in [2.24, 2.45) is 17.3 Å². The number of nitriles is 2. The van der Waals surface area contributed by atoms with Crippen LogP contribution in [0.3, 0.4) is 0 Å². The van der Waals surface area contributed by atoms with E-state index in [4.69, 9.17) is 4.74 Å². The van der Waals surface area contributed by atoms with Gasteiger partial charge in [-0.15, -0.1) is 0 Å². The summed E-state index contributed by atoms with van der Waals surface area (Å²) in [6.45, 7) is -0.553. The van der Waals surface area contributed by atoms with Gasteiger partial charge < -0.3 is 10.1 Å². The maximum atomic E-state index is 13.0. The molecule has 1 N–H and O–H groups in total. The number of carbonyl (C=O) groups is 3. The molecule has 1 aliphatic carbocycles. The molecule has 1 aliphatic heterocycles. The number of likely N-dealkylation sites (tertiary alicyclic amines) is 1. The summed E-state index contributed by atoms with van der Waals surface area (Å²) >= 11 is 0. The van der Waals surface area contributed by atoms with E-state index in [-0.39, 0.29) is 0 Å². The molecule has 3 rings (SSSR count).